The maximum atomic E-state index is 3.64. The van der Waals surface area contributed by atoms with E-state index in [1.54, 1.807) is 0 Å². The summed E-state index contributed by atoms with van der Waals surface area (Å²) in [5, 5.41) is 5.20. The second-order valence-corrected chi connectivity index (χ2v) is 10.3. The minimum atomic E-state index is -0.0774. The Bertz CT molecular complexity index is 1930. The van der Waals surface area contributed by atoms with E-state index in [2.05, 4.69) is 127 Å². The third kappa shape index (κ3) is 2.39. The van der Waals surface area contributed by atoms with Crippen LogP contribution in [0.4, 0.5) is 0 Å². The zero-order chi connectivity index (χ0) is 23.3. The van der Waals surface area contributed by atoms with Crippen molar-refractivity contribution in [2.24, 2.45) is 0 Å². The van der Waals surface area contributed by atoms with Gasteiger partial charge in [0, 0.05) is 43.7 Å². The minimum Gasteiger partial charge on any atom is -0.354 e. The van der Waals surface area contributed by atoms with Gasteiger partial charge in [-0.05, 0) is 64.7 Å². The molecule has 2 heterocycles. The molecule has 7 aromatic rings. The molecule has 0 aliphatic heterocycles. The van der Waals surface area contributed by atoms with Gasteiger partial charge in [0.25, 0.3) is 0 Å². The Morgan fingerprint density at radius 2 is 1.17 bits per heavy atom. The van der Waals surface area contributed by atoms with Crippen molar-refractivity contribution in [3.05, 3.63) is 114 Å². The Balaban J connectivity index is 1.40. The van der Waals surface area contributed by atoms with Crippen LogP contribution in [-0.2, 0) is 5.41 Å². The first-order chi connectivity index (χ1) is 17.1. The molecular weight excluding hydrogens is 424 g/mol. The fraction of sp³-hybridized carbons (Fsp3) is 0.0909. The number of aromatic nitrogens is 2. The summed E-state index contributed by atoms with van der Waals surface area (Å²) < 4.78 is 2.42. The highest BCUT2D eigenvalue weighted by atomic mass is 15.0. The van der Waals surface area contributed by atoms with E-state index in [0.717, 1.165) is 0 Å². The van der Waals surface area contributed by atoms with Crippen molar-refractivity contribution in [1.82, 2.24) is 9.55 Å². The van der Waals surface area contributed by atoms with Crippen molar-refractivity contribution in [3.63, 3.8) is 0 Å². The van der Waals surface area contributed by atoms with E-state index in [1.807, 2.05) is 0 Å². The molecule has 0 bridgehead atoms. The van der Waals surface area contributed by atoms with Crippen LogP contribution < -0.4 is 0 Å². The van der Waals surface area contributed by atoms with Gasteiger partial charge in [-0.1, -0.05) is 74.5 Å². The van der Waals surface area contributed by atoms with Crippen LogP contribution >= 0.6 is 0 Å². The summed E-state index contributed by atoms with van der Waals surface area (Å²) in [5.74, 6) is 0. The van der Waals surface area contributed by atoms with Crippen LogP contribution in [0.1, 0.15) is 25.0 Å². The Labute approximate surface area is 203 Å². The lowest BCUT2D eigenvalue weighted by atomic mass is 9.82. The third-order valence-electron chi connectivity index (χ3n) is 8.12. The number of nitrogens with one attached hydrogen (secondary N) is 1. The number of benzene rings is 5. The lowest BCUT2D eigenvalue weighted by molar-refractivity contribution is 0.661. The number of nitrogens with zero attached hydrogens (tertiary/aromatic N) is 1. The summed E-state index contributed by atoms with van der Waals surface area (Å²) in [5.41, 5.74) is 11.5. The van der Waals surface area contributed by atoms with Crippen LogP contribution in [0.5, 0.6) is 0 Å². The number of fused-ring (bicyclic) bond motifs is 9. The normalized spacial score (nSPS) is 14.2. The second-order valence-electron chi connectivity index (χ2n) is 10.3. The summed E-state index contributed by atoms with van der Waals surface area (Å²) in [4.78, 5) is 3.64. The molecule has 0 atom stereocenters. The van der Waals surface area contributed by atoms with Crippen LogP contribution in [0.15, 0.2) is 103 Å². The van der Waals surface area contributed by atoms with Gasteiger partial charge in [0.1, 0.15) is 0 Å². The predicted molar refractivity (Wildman–Crippen MR) is 148 cm³/mol. The topological polar surface area (TPSA) is 20.7 Å². The largest absolute Gasteiger partial charge is 0.354 e. The number of rotatable bonds is 1. The van der Waals surface area contributed by atoms with Gasteiger partial charge in [0.05, 0.1) is 11.0 Å². The zero-order valence-electron chi connectivity index (χ0n) is 19.8. The van der Waals surface area contributed by atoms with Crippen LogP contribution in [-0.4, -0.2) is 9.55 Å². The molecule has 0 saturated carbocycles. The summed E-state index contributed by atoms with van der Waals surface area (Å²) >= 11 is 0. The summed E-state index contributed by atoms with van der Waals surface area (Å²) in [6.07, 6.45) is 0. The number of para-hydroxylation sites is 3. The highest BCUT2D eigenvalue weighted by Crippen LogP contribution is 2.51. The lowest BCUT2D eigenvalue weighted by Crippen LogP contribution is -2.15. The van der Waals surface area contributed by atoms with Crippen molar-refractivity contribution in [1.29, 1.82) is 0 Å². The van der Waals surface area contributed by atoms with E-state index in [1.165, 1.54) is 71.6 Å². The van der Waals surface area contributed by atoms with E-state index < -0.39 is 0 Å². The van der Waals surface area contributed by atoms with E-state index in [4.69, 9.17) is 0 Å². The van der Waals surface area contributed by atoms with Crippen LogP contribution in [0, 0.1) is 0 Å². The summed E-state index contributed by atoms with van der Waals surface area (Å²) in [6.45, 7) is 4.74. The molecule has 1 aliphatic carbocycles. The molecule has 0 radical (unpaired) electrons. The van der Waals surface area contributed by atoms with Crippen LogP contribution in [0.2, 0.25) is 0 Å². The summed E-state index contributed by atoms with van der Waals surface area (Å²) in [6, 6.07) is 37.9. The molecule has 0 spiro atoms. The van der Waals surface area contributed by atoms with Gasteiger partial charge >= 0.3 is 0 Å². The summed E-state index contributed by atoms with van der Waals surface area (Å²) in [7, 11) is 0. The molecule has 0 unspecified atom stereocenters. The Hall–Kier alpha value is -4.30. The average molecular weight is 449 g/mol. The maximum absolute atomic E-state index is 3.64. The highest BCUT2D eigenvalue weighted by molar-refractivity contribution is 6.10. The van der Waals surface area contributed by atoms with Crippen LogP contribution in [0.25, 0.3) is 60.4 Å². The molecule has 166 valence electrons. The first-order valence-corrected chi connectivity index (χ1v) is 12.3. The average Bonchev–Trinajstić information content (AvgIpc) is 3.49. The number of hydrogen-bond donors (Lipinski definition) is 1. The first kappa shape index (κ1) is 19.1. The smallest absolute Gasteiger partial charge is 0.0541 e. The monoisotopic (exact) mass is 448 g/mol. The number of hydrogen-bond acceptors (Lipinski definition) is 0. The minimum absolute atomic E-state index is 0.0774. The molecule has 0 fully saturated rings. The molecule has 0 saturated heterocycles. The third-order valence-corrected chi connectivity index (χ3v) is 8.12. The molecule has 2 heteroatoms. The van der Waals surface area contributed by atoms with Crippen molar-refractivity contribution in [2.45, 2.75) is 19.3 Å². The fourth-order valence-corrected chi connectivity index (χ4v) is 6.41. The van der Waals surface area contributed by atoms with Crippen molar-refractivity contribution in [2.75, 3.05) is 0 Å². The van der Waals surface area contributed by atoms with E-state index in [0.29, 0.717) is 0 Å². The van der Waals surface area contributed by atoms with Crippen molar-refractivity contribution in [3.8, 4) is 16.8 Å². The molecule has 5 aromatic carbocycles. The fourth-order valence-electron chi connectivity index (χ4n) is 6.41. The standard InChI is InChI=1S/C33H24N2/c1-33(2)27-17-20(35-31-13-7-4-10-23(31)24-11-5-8-14-32(24)35)15-16-21(27)25-19-30-26(18-28(25)33)22-9-3-6-12-29(22)34-30/h3-19,34H,1-2H3. The first-order valence-electron chi connectivity index (χ1n) is 12.3. The predicted octanol–water partition coefficient (Wildman–Crippen LogP) is 8.72. The van der Waals surface area contributed by atoms with Gasteiger partial charge in [-0.2, -0.15) is 0 Å². The van der Waals surface area contributed by atoms with Gasteiger partial charge in [-0.25, -0.2) is 0 Å². The van der Waals surface area contributed by atoms with Crippen molar-refractivity contribution < 1.29 is 0 Å². The van der Waals surface area contributed by atoms with Crippen LogP contribution in [0.3, 0.4) is 0 Å². The molecule has 1 aliphatic rings. The Kier molecular flexibility index (Phi) is 3.50. The molecule has 8 rings (SSSR count). The van der Waals surface area contributed by atoms with E-state index in [-0.39, 0.29) is 5.41 Å². The zero-order valence-corrected chi connectivity index (χ0v) is 19.8. The van der Waals surface area contributed by atoms with Gasteiger partial charge in [0.2, 0.25) is 0 Å². The lowest BCUT2D eigenvalue weighted by Gasteiger charge is -2.22. The Morgan fingerprint density at radius 1 is 0.543 bits per heavy atom. The van der Waals surface area contributed by atoms with Gasteiger partial charge in [0.15, 0.2) is 0 Å². The van der Waals surface area contributed by atoms with Crippen molar-refractivity contribution >= 4 is 43.6 Å². The molecule has 1 N–H and O–H groups in total. The van der Waals surface area contributed by atoms with Gasteiger partial charge < -0.3 is 9.55 Å². The SMILES string of the molecule is CC1(C)c2cc(-n3c4ccccc4c4ccccc43)ccc2-c2cc3[nH]c4ccccc4c3cc21. The molecule has 35 heavy (non-hydrogen) atoms. The second kappa shape index (κ2) is 6.43. The van der Waals surface area contributed by atoms with Gasteiger partial charge in [-0.3, -0.25) is 0 Å². The Morgan fingerprint density at radius 3 is 1.91 bits per heavy atom. The number of aromatic amines is 1. The quantitative estimate of drug-likeness (QED) is 0.259. The number of H-pyrrole nitrogens is 1. The van der Waals surface area contributed by atoms with Gasteiger partial charge in [-0.15, -0.1) is 0 Å². The molecule has 2 nitrogen and oxygen atoms in total. The van der Waals surface area contributed by atoms with E-state index >= 15 is 0 Å². The molecule has 2 aromatic heterocycles. The van der Waals surface area contributed by atoms with E-state index in [9.17, 15) is 0 Å². The molecule has 0 amide bonds. The molecular formula is C33H24N2. The highest BCUT2D eigenvalue weighted by Gasteiger charge is 2.36. The maximum Gasteiger partial charge on any atom is 0.0541 e.